The van der Waals surface area contributed by atoms with Gasteiger partial charge in [0.2, 0.25) is 5.95 Å². The van der Waals surface area contributed by atoms with Gasteiger partial charge in [0.15, 0.2) is 5.69 Å². The summed E-state index contributed by atoms with van der Waals surface area (Å²) in [5.74, 6) is -0.854. The number of aromatic carboxylic acids is 1. The zero-order valence-electron chi connectivity index (χ0n) is 11.5. The van der Waals surface area contributed by atoms with Crippen LogP contribution < -0.4 is 5.73 Å². The van der Waals surface area contributed by atoms with Crippen LogP contribution in [0.15, 0.2) is 6.20 Å². The second-order valence-corrected chi connectivity index (χ2v) is 5.66. The molecule has 0 atom stereocenters. The van der Waals surface area contributed by atoms with Gasteiger partial charge >= 0.3 is 57.4 Å². The molecular formula is C13H16KN5O2. The molecule has 3 rings (SSSR count). The Morgan fingerprint density at radius 3 is 2.76 bits per heavy atom. The van der Waals surface area contributed by atoms with E-state index in [-0.39, 0.29) is 68.4 Å². The van der Waals surface area contributed by atoms with Gasteiger partial charge in [-0.25, -0.2) is 14.8 Å². The third kappa shape index (κ3) is 2.55. The molecule has 2 aromatic heterocycles. The normalized spacial score (nSPS) is 14.8. The van der Waals surface area contributed by atoms with Crippen LogP contribution in [-0.2, 0) is 18.9 Å². The molecule has 0 aliphatic heterocycles. The molecule has 0 bridgehead atoms. The molecule has 0 fully saturated rings. The second kappa shape index (κ2) is 5.44. The van der Waals surface area contributed by atoms with E-state index in [2.05, 4.69) is 15.1 Å². The Balaban J connectivity index is 0.00000161. The van der Waals surface area contributed by atoms with E-state index in [1.807, 2.05) is 13.8 Å². The molecule has 0 amide bonds. The molecule has 0 saturated carbocycles. The van der Waals surface area contributed by atoms with Crippen molar-refractivity contribution in [2.24, 2.45) is 7.05 Å². The van der Waals surface area contributed by atoms with Crippen molar-refractivity contribution >= 4 is 63.3 Å². The van der Waals surface area contributed by atoms with Crippen LogP contribution in [0.4, 0.5) is 5.95 Å². The molecule has 0 aromatic carbocycles. The minimum atomic E-state index is -1.03. The van der Waals surface area contributed by atoms with E-state index >= 15 is 0 Å². The standard InChI is InChI=1S/C13H15N5O2.K.H/c1-13(2)4-6-5-15-12(14)16-8(6)10-7(13)9(11(19)20)17-18(10)3;;/h5H,4H2,1-3H3,(H,19,20)(H2,14,15,16);;. The van der Waals surface area contributed by atoms with Crippen molar-refractivity contribution in [1.82, 2.24) is 19.7 Å². The summed E-state index contributed by atoms with van der Waals surface area (Å²) in [6.45, 7) is 4.00. The van der Waals surface area contributed by atoms with Crippen LogP contribution in [0.3, 0.4) is 0 Å². The summed E-state index contributed by atoms with van der Waals surface area (Å²) in [4.78, 5) is 19.7. The van der Waals surface area contributed by atoms with Gasteiger partial charge < -0.3 is 10.8 Å². The SMILES string of the molecule is Cn1nc(C(=O)O)c2c1-c1nc(N)ncc1CC2(C)C.[KH]. The zero-order chi connectivity index (χ0) is 14.7. The Morgan fingerprint density at radius 1 is 1.48 bits per heavy atom. The number of carbonyl (C=O) groups is 1. The Bertz CT molecular complexity index is 738. The van der Waals surface area contributed by atoms with Crippen LogP contribution in [-0.4, -0.2) is 82.2 Å². The third-order valence-electron chi connectivity index (χ3n) is 3.67. The monoisotopic (exact) mass is 313 g/mol. The molecule has 2 heterocycles. The fourth-order valence-electron chi connectivity index (χ4n) is 2.91. The molecule has 3 N–H and O–H groups in total. The van der Waals surface area contributed by atoms with Gasteiger partial charge in [0.05, 0.1) is 11.4 Å². The first-order valence-corrected chi connectivity index (χ1v) is 6.24. The Hall–Kier alpha value is -0.804. The number of nitrogens with zero attached hydrogens (tertiary/aromatic N) is 4. The Morgan fingerprint density at radius 2 is 2.14 bits per heavy atom. The van der Waals surface area contributed by atoms with Crippen LogP contribution in [0.5, 0.6) is 0 Å². The van der Waals surface area contributed by atoms with E-state index < -0.39 is 5.97 Å². The van der Waals surface area contributed by atoms with Crippen molar-refractivity contribution in [3.05, 3.63) is 23.0 Å². The van der Waals surface area contributed by atoms with Gasteiger partial charge in [-0.2, -0.15) is 5.10 Å². The Labute approximate surface area is 164 Å². The van der Waals surface area contributed by atoms with Crippen molar-refractivity contribution < 1.29 is 9.90 Å². The first-order valence-electron chi connectivity index (χ1n) is 6.24. The van der Waals surface area contributed by atoms with E-state index in [9.17, 15) is 9.90 Å². The van der Waals surface area contributed by atoms with Crippen molar-refractivity contribution in [3.63, 3.8) is 0 Å². The summed E-state index contributed by atoms with van der Waals surface area (Å²) in [6, 6.07) is 0. The molecule has 0 saturated heterocycles. The fourth-order valence-corrected chi connectivity index (χ4v) is 2.91. The minimum absolute atomic E-state index is 0. The summed E-state index contributed by atoms with van der Waals surface area (Å²) in [6.07, 6.45) is 2.36. The molecule has 8 heteroatoms. The molecule has 21 heavy (non-hydrogen) atoms. The summed E-state index contributed by atoms with van der Waals surface area (Å²) < 4.78 is 1.56. The number of carboxylic acids is 1. The van der Waals surface area contributed by atoms with Crippen LogP contribution in [0.1, 0.15) is 35.5 Å². The molecule has 0 spiro atoms. The van der Waals surface area contributed by atoms with E-state index in [0.717, 1.165) is 5.56 Å². The molecule has 1 aliphatic rings. The summed E-state index contributed by atoms with van der Waals surface area (Å²) >= 11 is 0. The van der Waals surface area contributed by atoms with Crippen LogP contribution in [0.2, 0.25) is 0 Å². The number of rotatable bonds is 1. The van der Waals surface area contributed by atoms with Gasteiger partial charge in [0, 0.05) is 18.8 Å². The number of fused-ring (bicyclic) bond motifs is 3. The second-order valence-electron chi connectivity index (χ2n) is 5.66. The first-order chi connectivity index (χ1) is 9.31. The molecule has 0 radical (unpaired) electrons. The van der Waals surface area contributed by atoms with Crippen molar-refractivity contribution in [1.29, 1.82) is 0 Å². The van der Waals surface area contributed by atoms with Gasteiger partial charge in [-0.15, -0.1) is 0 Å². The topological polar surface area (TPSA) is 107 Å². The van der Waals surface area contributed by atoms with E-state index in [1.54, 1.807) is 17.9 Å². The van der Waals surface area contributed by atoms with Gasteiger partial charge in [0.25, 0.3) is 0 Å². The van der Waals surface area contributed by atoms with Gasteiger partial charge in [-0.1, -0.05) is 13.8 Å². The van der Waals surface area contributed by atoms with Crippen LogP contribution in [0.25, 0.3) is 11.4 Å². The molecular weight excluding hydrogens is 297 g/mol. The molecule has 7 nitrogen and oxygen atoms in total. The van der Waals surface area contributed by atoms with Crippen LogP contribution in [0, 0.1) is 0 Å². The number of nitrogen functional groups attached to an aromatic ring is 1. The number of carboxylic acid groups (broad SMARTS) is 1. The van der Waals surface area contributed by atoms with Gasteiger partial charge in [-0.3, -0.25) is 4.68 Å². The molecule has 2 aromatic rings. The Kier molecular flexibility index (Phi) is 4.29. The van der Waals surface area contributed by atoms with Crippen molar-refractivity contribution in [2.75, 3.05) is 5.73 Å². The molecule has 1 aliphatic carbocycles. The summed E-state index contributed by atoms with van der Waals surface area (Å²) in [7, 11) is 1.72. The number of aromatic nitrogens is 4. The van der Waals surface area contributed by atoms with Crippen LogP contribution >= 0.6 is 0 Å². The maximum atomic E-state index is 11.4. The average Bonchev–Trinajstić information content (AvgIpc) is 2.70. The predicted molar refractivity (Wildman–Crippen MR) is 79.5 cm³/mol. The van der Waals surface area contributed by atoms with E-state index in [0.29, 0.717) is 23.4 Å². The number of hydrogen-bond donors (Lipinski definition) is 2. The fraction of sp³-hybridized carbons (Fsp3) is 0.385. The quantitative estimate of drug-likeness (QED) is 0.735. The number of aryl methyl sites for hydroxylation is 1. The zero-order valence-corrected chi connectivity index (χ0v) is 11.5. The summed E-state index contributed by atoms with van der Waals surface area (Å²) in [5, 5.41) is 13.5. The van der Waals surface area contributed by atoms with E-state index in [1.165, 1.54) is 0 Å². The molecule has 0 unspecified atom stereocenters. The first kappa shape index (κ1) is 16.6. The van der Waals surface area contributed by atoms with E-state index in [4.69, 9.17) is 5.73 Å². The number of anilines is 1. The average molecular weight is 313 g/mol. The van der Waals surface area contributed by atoms with Gasteiger partial charge in [0.1, 0.15) is 0 Å². The maximum absolute atomic E-state index is 11.4. The predicted octanol–water partition coefficient (Wildman–Crippen LogP) is 0.343. The van der Waals surface area contributed by atoms with Gasteiger partial charge in [-0.05, 0) is 17.4 Å². The number of nitrogens with two attached hydrogens (primary N) is 1. The van der Waals surface area contributed by atoms with Crippen molar-refractivity contribution in [2.45, 2.75) is 25.7 Å². The summed E-state index contributed by atoms with van der Waals surface area (Å²) in [5.41, 5.74) is 8.44. The molecule has 106 valence electrons. The van der Waals surface area contributed by atoms with Crippen molar-refractivity contribution in [3.8, 4) is 11.4 Å². The number of hydrogen-bond acceptors (Lipinski definition) is 5. The third-order valence-corrected chi connectivity index (χ3v) is 3.67.